The van der Waals surface area contributed by atoms with Gasteiger partial charge in [0.1, 0.15) is 5.60 Å². The number of hydrogen-bond donors (Lipinski definition) is 2. The van der Waals surface area contributed by atoms with Gasteiger partial charge in [0.2, 0.25) is 5.91 Å². The van der Waals surface area contributed by atoms with Crippen LogP contribution in [0.4, 0.5) is 4.79 Å². The van der Waals surface area contributed by atoms with E-state index in [-0.39, 0.29) is 5.91 Å². The maximum Gasteiger partial charge on any atom is 0.407 e. The molecule has 7 heteroatoms. The van der Waals surface area contributed by atoms with Gasteiger partial charge in [-0.05, 0) is 33.7 Å². The smallest absolute Gasteiger partial charge is 0.407 e. The van der Waals surface area contributed by atoms with E-state index in [0.717, 1.165) is 32.6 Å². The lowest BCUT2D eigenvalue weighted by Gasteiger charge is -2.20. The van der Waals surface area contributed by atoms with Crippen molar-refractivity contribution in [1.29, 1.82) is 0 Å². The minimum atomic E-state index is -0.478. The van der Waals surface area contributed by atoms with E-state index < -0.39 is 11.7 Å². The number of nitrogens with one attached hydrogen (secondary N) is 2. The molecule has 0 aromatic rings. The summed E-state index contributed by atoms with van der Waals surface area (Å²) in [7, 11) is 0. The monoisotopic (exact) mass is 317 g/mol. The first-order chi connectivity index (χ1) is 9.88. The van der Waals surface area contributed by atoms with Gasteiger partial charge < -0.3 is 20.3 Å². The third kappa shape index (κ3) is 8.83. The van der Waals surface area contributed by atoms with Crippen LogP contribution in [0.5, 0.6) is 0 Å². The van der Waals surface area contributed by atoms with Crippen LogP contribution in [0.3, 0.4) is 0 Å². The van der Waals surface area contributed by atoms with Crippen LogP contribution in [0.25, 0.3) is 0 Å². The van der Waals surface area contributed by atoms with E-state index in [4.69, 9.17) is 4.74 Å². The fraction of sp³-hybridized carbons (Fsp3) is 0.857. The summed E-state index contributed by atoms with van der Waals surface area (Å²) >= 11 is 1.54. The molecule has 0 spiro atoms. The van der Waals surface area contributed by atoms with Crippen molar-refractivity contribution in [3.05, 3.63) is 0 Å². The molecule has 1 heterocycles. The van der Waals surface area contributed by atoms with Crippen LogP contribution in [0.15, 0.2) is 0 Å². The summed E-state index contributed by atoms with van der Waals surface area (Å²) in [5.41, 5.74) is -0.478. The van der Waals surface area contributed by atoms with Gasteiger partial charge in [0.05, 0.1) is 5.75 Å². The molecule has 1 fully saturated rings. The number of alkyl carbamates (subject to hydrolysis) is 1. The van der Waals surface area contributed by atoms with Crippen molar-refractivity contribution in [2.24, 2.45) is 0 Å². The summed E-state index contributed by atoms with van der Waals surface area (Å²) in [6.07, 6.45) is 0.601. The number of amides is 2. The number of rotatable bonds is 5. The average Bonchev–Trinajstić information content (AvgIpc) is 2.64. The number of thioether (sulfide) groups is 1. The molecule has 2 N–H and O–H groups in total. The molecule has 1 aliphatic rings. The molecule has 21 heavy (non-hydrogen) atoms. The van der Waals surface area contributed by atoms with Gasteiger partial charge >= 0.3 is 6.09 Å². The number of nitrogens with zero attached hydrogens (tertiary/aromatic N) is 1. The first-order valence-electron chi connectivity index (χ1n) is 7.41. The van der Waals surface area contributed by atoms with Gasteiger partial charge in [-0.1, -0.05) is 0 Å². The second-order valence-electron chi connectivity index (χ2n) is 5.97. The van der Waals surface area contributed by atoms with Crippen LogP contribution in [0.1, 0.15) is 27.2 Å². The van der Waals surface area contributed by atoms with E-state index in [1.165, 1.54) is 11.8 Å². The zero-order valence-corrected chi connectivity index (χ0v) is 14.1. The van der Waals surface area contributed by atoms with Crippen molar-refractivity contribution >= 4 is 23.8 Å². The van der Waals surface area contributed by atoms with Gasteiger partial charge in [-0.25, -0.2) is 4.79 Å². The maximum atomic E-state index is 12.0. The molecule has 2 amide bonds. The van der Waals surface area contributed by atoms with Crippen LogP contribution in [0.2, 0.25) is 0 Å². The van der Waals surface area contributed by atoms with E-state index in [1.54, 1.807) is 0 Å². The fourth-order valence-corrected chi connectivity index (χ4v) is 2.63. The Kier molecular flexibility index (Phi) is 7.88. The molecule has 0 aromatic heterocycles. The molecule has 6 nitrogen and oxygen atoms in total. The largest absolute Gasteiger partial charge is 0.444 e. The molecule has 0 aromatic carbocycles. The van der Waals surface area contributed by atoms with Crippen molar-refractivity contribution in [2.45, 2.75) is 32.8 Å². The van der Waals surface area contributed by atoms with Crippen molar-refractivity contribution in [3.8, 4) is 0 Å². The van der Waals surface area contributed by atoms with E-state index in [9.17, 15) is 9.59 Å². The molecular weight excluding hydrogens is 290 g/mol. The number of hydrogen-bond acceptors (Lipinski definition) is 5. The number of carbonyl (C=O) groups is 2. The first kappa shape index (κ1) is 18.1. The average molecular weight is 317 g/mol. The van der Waals surface area contributed by atoms with Crippen molar-refractivity contribution in [2.75, 3.05) is 44.2 Å². The summed E-state index contributed by atoms with van der Waals surface area (Å²) < 4.78 is 5.13. The van der Waals surface area contributed by atoms with Crippen LogP contribution >= 0.6 is 11.8 Å². The summed E-state index contributed by atoms with van der Waals surface area (Å²) in [6, 6.07) is 0. The molecule has 1 saturated heterocycles. The first-order valence-corrected chi connectivity index (χ1v) is 8.57. The van der Waals surface area contributed by atoms with Crippen LogP contribution in [0, 0.1) is 0 Å². The molecule has 0 unspecified atom stereocenters. The Hall–Kier alpha value is -0.950. The molecule has 0 bridgehead atoms. The maximum absolute atomic E-state index is 12.0. The van der Waals surface area contributed by atoms with Crippen molar-refractivity contribution < 1.29 is 14.3 Å². The fourth-order valence-electron chi connectivity index (χ4n) is 1.89. The highest BCUT2D eigenvalue weighted by molar-refractivity contribution is 7.99. The molecule has 0 saturated carbocycles. The van der Waals surface area contributed by atoms with Gasteiger partial charge in [-0.15, -0.1) is 0 Å². The Morgan fingerprint density at radius 2 is 2.05 bits per heavy atom. The normalized spacial score (nSPS) is 16.2. The van der Waals surface area contributed by atoms with Gasteiger partial charge in [0, 0.05) is 31.9 Å². The lowest BCUT2D eigenvalue weighted by atomic mass is 10.2. The van der Waals surface area contributed by atoms with E-state index in [2.05, 4.69) is 10.6 Å². The Morgan fingerprint density at radius 1 is 1.29 bits per heavy atom. The predicted molar refractivity (Wildman–Crippen MR) is 85.6 cm³/mol. The molecule has 0 atom stereocenters. The highest BCUT2D eigenvalue weighted by atomic mass is 32.2. The summed E-state index contributed by atoms with van der Waals surface area (Å²) in [5.74, 6) is 1.36. The number of carbonyl (C=O) groups excluding carboxylic acids is 2. The van der Waals surface area contributed by atoms with Crippen LogP contribution < -0.4 is 10.6 Å². The molecule has 122 valence electrons. The van der Waals surface area contributed by atoms with E-state index in [0.29, 0.717) is 18.1 Å². The highest BCUT2D eigenvalue weighted by Gasteiger charge is 2.16. The van der Waals surface area contributed by atoms with Crippen LogP contribution in [-0.2, 0) is 9.53 Å². The summed E-state index contributed by atoms with van der Waals surface area (Å²) in [5, 5.41) is 5.96. The van der Waals surface area contributed by atoms with E-state index >= 15 is 0 Å². The predicted octanol–water partition coefficient (Wildman–Crippen LogP) is 1.07. The second-order valence-corrected chi connectivity index (χ2v) is 7.07. The highest BCUT2D eigenvalue weighted by Crippen LogP contribution is 2.07. The third-order valence-corrected chi connectivity index (χ3v) is 3.78. The Labute approximate surface area is 131 Å². The Bertz CT molecular complexity index is 337. The lowest BCUT2D eigenvalue weighted by molar-refractivity contribution is -0.128. The van der Waals surface area contributed by atoms with Crippen molar-refractivity contribution in [3.63, 3.8) is 0 Å². The minimum absolute atomic E-state index is 0.181. The number of ether oxygens (including phenoxy) is 1. The van der Waals surface area contributed by atoms with Crippen LogP contribution in [-0.4, -0.2) is 66.7 Å². The third-order valence-electron chi connectivity index (χ3n) is 2.83. The second kappa shape index (κ2) is 9.15. The quantitative estimate of drug-likeness (QED) is 0.742. The van der Waals surface area contributed by atoms with Gasteiger partial charge in [0.15, 0.2) is 0 Å². The van der Waals surface area contributed by atoms with Crippen molar-refractivity contribution in [1.82, 2.24) is 15.5 Å². The SMILES string of the molecule is CC(C)(C)OC(=O)NCCSCC(=O)N1CCCNCC1. The van der Waals surface area contributed by atoms with Gasteiger partial charge in [0.25, 0.3) is 0 Å². The molecule has 0 radical (unpaired) electrons. The molecule has 1 aliphatic heterocycles. The molecule has 0 aliphatic carbocycles. The Morgan fingerprint density at radius 3 is 2.76 bits per heavy atom. The lowest BCUT2D eigenvalue weighted by Crippen LogP contribution is -2.36. The van der Waals surface area contributed by atoms with Gasteiger partial charge in [-0.3, -0.25) is 4.79 Å². The summed E-state index contributed by atoms with van der Waals surface area (Å²) in [4.78, 5) is 25.3. The standard InChI is InChI=1S/C14H27N3O3S/c1-14(2,3)20-13(19)16-7-10-21-11-12(18)17-8-4-5-15-6-9-17/h15H,4-11H2,1-3H3,(H,16,19). The summed E-state index contributed by atoms with van der Waals surface area (Å²) in [6.45, 7) is 9.47. The zero-order valence-electron chi connectivity index (χ0n) is 13.2. The van der Waals surface area contributed by atoms with Gasteiger partial charge in [-0.2, -0.15) is 11.8 Å². The van der Waals surface area contributed by atoms with E-state index in [1.807, 2.05) is 25.7 Å². The zero-order chi connectivity index (χ0) is 15.7. The topological polar surface area (TPSA) is 70.7 Å². The molecule has 1 rings (SSSR count). The molecular formula is C14H27N3O3S. The minimum Gasteiger partial charge on any atom is -0.444 e. The Balaban J connectivity index is 2.08.